The largest absolute Gasteiger partial charge is 0.371 e. The summed E-state index contributed by atoms with van der Waals surface area (Å²) in [6, 6.07) is 10.3. The summed E-state index contributed by atoms with van der Waals surface area (Å²) in [5.74, 6) is -0.247. The average Bonchev–Trinajstić information content (AvgIpc) is 2.79. The Morgan fingerprint density at radius 2 is 1.63 bits per heavy atom. The summed E-state index contributed by atoms with van der Waals surface area (Å²) in [4.78, 5) is 40.5. The molecule has 3 heterocycles. The number of imide groups is 1. The lowest BCUT2D eigenvalue weighted by Crippen LogP contribution is -2.45. The maximum absolute atomic E-state index is 12.8. The van der Waals surface area contributed by atoms with Crippen LogP contribution in [0.4, 0.5) is 5.69 Å². The lowest BCUT2D eigenvalue weighted by molar-refractivity contribution is -0.137. The van der Waals surface area contributed by atoms with Crippen LogP contribution in [0.2, 0.25) is 0 Å². The molecule has 0 aliphatic carbocycles. The van der Waals surface area contributed by atoms with E-state index in [9.17, 15) is 14.4 Å². The molecular formula is C23H28N4O3. The highest BCUT2D eigenvalue weighted by Gasteiger charge is 2.31. The van der Waals surface area contributed by atoms with Gasteiger partial charge in [0.25, 0.3) is 0 Å². The Labute approximate surface area is 177 Å². The minimum atomic E-state index is -0.259. The van der Waals surface area contributed by atoms with Crippen LogP contribution in [-0.2, 0) is 14.4 Å². The van der Waals surface area contributed by atoms with Crippen LogP contribution in [0.3, 0.4) is 0 Å². The van der Waals surface area contributed by atoms with E-state index in [2.05, 4.69) is 16.3 Å². The maximum Gasteiger partial charge on any atom is 0.234 e. The molecule has 30 heavy (non-hydrogen) atoms. The number of carbonyl (C=O) groups excluding carboxylic acids is 3. The van der Waals surface area contributed by atoms with Crippen molar-refractivity contribution in [3.8, 4) is 6.07 Å². The molecule has 0 bridgehead atoms. The van der Waals surface area contributed by atoms with Crippen LogP contribution in [0.5, 0.6) is 0 Å². The quantitative estimate of drug-likeness (QED) is 0.774. The van der Waals surface area contributed by atoms with E-state index >= 15 is 0 Å². The van der Waals surface area contributed by atoms with Gasteiger partial charge in [-0.05, 0) is 49.8 Å². The van der Waals surface area contributed by atoms with Gasteiger partial charge in [-0.3, -0.25) is 19.7 Å². The second kappa shape index (κ2) is 8.86. The molecule has 7 heteroatoms. The summed E-state index contributed by atoms with van der Waals surface area (Å²) in [5, 5.41) is 11.4. The summed E-state index contributed by atoms with van der Waals surface area (Å²) >= 11 is 0. The van der Waals surface area contributed by atoms with Crippen molar-refractivity contribution in [1.82, 2.24) is 10.2 Å². The zero-order valence-electron chi connectivity index (χ0n) is 17.2. The number of likely N-dealkylation sites (tertiary alicyclic amines) is 1. The number of carbonyl (C=O) groups is 3. The lowest BCUT2D eigenvalue weighted by Gasteiger charge is -2.37. The number of hydrogen-bond donors (Lipinski definition) is 1. The van der Waals surface area contributed by atoms with Crippen molar-refractivity contribution in [2.24, 2.45) is 11.8 Å². The summed E-state index contributed by atoms with van der Waals surface area (Å²) in [7, 11) is 0. The maximum atomic E-state index is 12.8. The predicted octanol–water partition coefficient (Wildman–Crippen LogP) is 2.19. The Bertz CT molecular complexity index is 844. The molecule has 1 atom stereocenters. The molecule has 1 aromatic carbocycles. The molecule has 0 unspecified atom stereocenters. The van der Waals surface area contributed by atoms with Gasteiger partial charge in [0, 0.05) is 50.1 Å². The topological polar surface area (TPSA) is 93.5 Å². The van der Waals surface area contributed by atoms with E-state index in [1.807, 2.05) is 29.2 Å². The van der Waals surface area contributed by atoms with Crippen LogP contribution in [0, 0.1) is 23.2 Å². The first-order valence-electron chi connectivity index (χ1n) is 10.9. The van der Waals surface area contributed by atoms with E-state index in [-0.39, 0.29) is 35.5 Å². The van der Waals surface area contributed by atoms with Gasteiger partial charge in [0.2, 0.25) is 17.7 Å². The molecule has 1 aromatic rings. The number of piperidine rings is 3. The number of amides is 3. The summed E-state index contributed by atoms with van der Waals surface area (Å²) in [6.07, 6.45) is 4.20. The molecule has 4 rings (SSSR count). The van der Waals surface area contributed by atoms with Crippen molar-refractivity contribution >= 4 is 23.4 Å². The molecule has 3 aliphatic rings. The predicted molar refractivity (Wildman–Crippen MR) is 111 cm³/mol. The van der Waals surface area contributed by atoms with Crippen LogP contribution in [-0.4, -0.2) is 48.8 Å². The molecule has 158 valence electrons. The van der Waals surface area contributed by atoms with Gasteiger partial charge in [-0.1, -0.05) is 12.1 Å². The van der Waals surface area contributed by atoms with Gasteiger partial charge >= 0.3 is 0 Å². The second-order valence-electron chi connectivity index (χ2n) is 8.59. The van der Waals surface area contributed by atoms with Crippen LogP contribution in [0.25, 0.3) is 0 Å². The fourth-order valence-corrected chi connectivity index (χ4v) is 4.80. The van der Waals surface area contributed by atoms with E-state index in [0.29, 0.717) is 25.9 Å². The van der Waals surface area contributed by atoms with Gasteiger partial charge in [0.1, 0.15) is 0 Å². The zero-order valence-corrected chi connectivity index (χ0v) is 17.2. The Hall–Kier alpha value is -2.88. The van der Waals surface area contributed by atoms with Crippen LogP contribution in [0.1, 0.15) is 50.0 Å². The smallest absolute Gasteiger partial charge is 0.234 e. The highest BCUT2D eigenvalue weighted by molar-refractivity contribution is 6.00. The SMILES string of the molecule is N#CC1CCN(C(=O)C2CCN(c3ccc([C@H]4CCC(=O)NC4=O)cc3)CC2)CC1. The highest BCUT2D eigenvalue weighted by atomic mass is 16.2. The number of benzene rings is 1. The molecule has 3 fully saturated rings. The standard InChI is InChI=1S/C23H28N4O3/c24-15-16-7-11-27(12-8-16)23(30)18-9-13-26(14-10-18)19-3-1-17(2-4-19)20-5-6-21(28)25-22(20)29/h1-4,16,18,20H,5-14H2,(H,25,28,29)/t20-/m1/s1. The van der Waals surface area contributed by atoms with E-state index in [4.69, 9.17) is 5.26 Å². The number of rotatable bonds is 3. The van der Waals surface area contributed by atoms with Crippen molar-refractivity contribution in [1.29, 1.82) is 5.26 Å². The molecule has 3 saturated heterocycles. The van der Waals surface area contributed by atoms with Gasteiger partial charge in [0.15, 0.2) is 0 Å². The minimum absolute atomic E-state index is 0.0719. The average molecular weight is 409 g/mol. The third-order valence-electron chi connectivity index (χ3n) is 6.73. The Kier molecular flexibility index (Phi) is 6.03. The molecule has 0 radical (unpaired) electrons. The Morgan fingerprint density at radius 1 is 0.967 bits per heavy atom. The molecular weight excluding hydrogens is 380 g/mol. The van der Waals surface area contributed by atoms with Crippen molar-refractivity contribution < 1.29 is 14.4 Å². The molecule has 1 N–H and O–H groups in total. The normalized spacial score (nSPS) is 23.8. The fraction of sp³-hybridized carbons (Fsp3) is 0.565. The zero-order chi connectivity index (χ0) is 21.1. The van der Waals surface area contributed by atoms with Gasteiger partial charge in [-0.2, -0.15) is 5.26 Å². The number of nitrogens with zero attached hydrogens (tertiary/aromatic N) is 3. The third-order valence-corrected chi connectivity index (χ3v) is 6.73. The Morgan fingerprint density at radius 3 is 2.23 bits per heavy atom. The van der Waals surface area contributed by atoms with Gasteiger partial charge in [0.05, 0.1) is 12.0 Å². The lowest BCUT2D eigenvalue weighted by atomic mass is 9.90. The van der Waals surface area contributed by atoms with Crippen LogP contribution >= 0.6 is 0 Å². The number of nitriles is 1. The first-order valence-corrected chi connectivity index (χ1v) is 10.9. The van der Waals surface area contributed by atoms with Crippen molar-refractivity contribution in [3.63, 3.8) is 0 Å². The number of nitrogens with one attached hydrogen (secondary N) is 1. The molecule has 3 aliphatic heterocycles. The summed E-state index contributed by atoms with van der Waals surface area (Å²) < 4.78 is 0. The van der Waals surface area contributed by atoms with Gasteiger partial charge in [-0.25, -0.2) is 0 Å². The molecule has 0 spiro atoms. The number of hydrogen-bond acceptors (Lipinski definition) is 5. The van der Waals surface area contributed by atoms with E-state index in [1.165, 1.54) is 0 Å². The fourth-order valence-electron chi connectivity index (χ4n) is 4.80. The molecule has 3 amide bonds. The number of anilines is 1. The Balaban J connectivity index is 1.30. The van der Waals surface area contributed by atoms with E-state index in [1.54, 1.807) is 0 Å². The monoisotopic (exact) mass is 408 g/mol. The van der Waals surface area contributed by atoms with Gasteiger partial charge < -0.3 is 9.80 Å². The molecule has 0 saturated carbocycles. The third kappa shape index (κ3) is 4.33. The molecule has 0 aromatic heterocycles. The van der Waals surface area contributed by atoms with Crippen molar-refractivity contribution in [2.45, 2.75) is 44.4 Å². The van der Waals surface area contributed by atoms with Crippen molar-refractivity contribution in [2.75, 3.05) is 31.1 Å². The van der Waals surface area contributed by atoms with Crippen molar-refractivity contribution in [3.05, 3.63) is 29.8 Å². The van der Waals surface area contributed by atoms with Crippen LogP contribution < -0.4 is 10.2 Å². The van der Waals surface area contributed by atoms with E-state index < -0.39 is 0 Å². The summed E-state index contributed by atoms with van der Waals surface area (Å²) in [6.45, 7) is 3.09. The van der Waals surface area contributed by atoms with E-state index in [0.717, 1.165) is 50.0 Å². The second-order valence-corrected chi connectivity index (χ2v) is 8.59. The first-order chi connectivity index (χ1) is 14.5. The highest BCUT2D eigenvalue weighted by Crippen LogP contribution is 2.29. The first kappa shape index (κ1) is 20.4. The summed E-state index contributed by atoms with van der Waals surface area (Å²) in [5.41, 5.74) is 2.04. The molecule has 7 nitrogen and oxygen atoms in total. The minimum Gasteiger partial charge on any atom is -0.371 e. The van der Waals surface area contributed by atoms with Gasteiger partial charge in [-0.15, -0.1) is 0 Å². The van der Waals surface area contributed by atoms with Crippen LogP contribution in [0.15, 0.2) is 24.3 Å².